The molecule has 7 nitrogen and oxygen atoms in total. The first-order chi connectivity index (χ1) is 16.3. The van der Waals surface area contributed by atoms with Gasteiger partial charge in [-0.3, -0.25) is 9.59 Å². The van der Waals surface area contributed by atoms with E-state index >= 15 is 0 Å². The summed E-state index contributed by atoms with van der Waals surface area (Å²) in [7, 11) is 3.55. The van der Waals surface area contributed by atoms with Crippen LogP contribution in [0.3, 0.4) is 0 Å². The Kier molecular flexibility index (Phi) is 7.78. The molecule has 2 amide bonds. The molecular formula is C24H29F4N5O2. The Morgan fingerprint density at radius 1 is 1.20 bits per heavy atom. The lowest BCUT2D eigenvalue weighted by Gasteiger charge is -2.29. The number of primary amides is 1. The van der Waals surface area contributed by atoms with E-state index in [1.165, 1.54) is 24.5 Å². The molecule has 11 heteroatoms. The van der Waals surface area contributed by atoms with Crippen molar-refractivity contribution in [3.05, 3.63) is 58.9 Å². The molecule has 3 rings (SSSR count). The van der Waals surface area contributed by atoms with Crippen molar-refractivity contribution in [3.63, 3.8) is 0 Å². The molecular weight excluding hydrogens is 466 g/mol. The molecule has 1 aromatic heterocycles. The lowest BCUT2D eigenvalue weighted by Crippen LogP contribution is -2.43. The van der Waals surface area contributed by atoms with Gasteiger partial charge >= 0.3 is 6.18 Å². The summed E-state index contributed by atoms with van der Waals surface area (Å²) in [5, 5.41) is 2.72. The van der Waals surface area contributed by atoms with Crippen molar-refractivity contribution in [3.8, 4) is 0 Å². The number of aryl methyl sites for hydroxylation is 1. The van der Waals surface area contributed by atoms with Crippen LogP contribution < -0.4 is 11.1 Å². The molecule has 0 radical (unpaired) electrons. The van der Waals surface area contributed by atoms with Crippen LogP contribution in [0.4, 0.5) is 17.6 Å². The van der Waals surface area contributed by atoms with Gasteiger partial charge in [-0.15, -0.1) is 0 Å². The summed E-state index contributed by atoms with van der Waals surface area (Å²) in [4.78, 5) is 34.0. The number of hydrogen-bond acceptors (Lipinski definition) is 5. The van der Waals surface area contributed by atoms with Crippen LogP contribution in [-0.4, -0.2) is 59.5 Å². The molecule has 0 bridgehead atoms. The quantitative estimate of drug-likeness (QED) is 0.494. The Hall–Kier alpha value is -3.08. The van der Waals surface area contributed by atoms with Crippen LogP contribution in [0.5, 0.6) is 0 Å². The number of carbonyl (C=O) groups is 2. The molecule has 0 spiro atoms. The molecule has 1 aliphatic rings. The number of aromatic nitrogens is 2. The van der Waals surface area contributed by atoms with E-state index in [1.807, 2.05) is 4.90 Å². The van der Waals surface area contributed by atoms with Gasteiger partial charge in [0.1, 0.15) is 11.6 Å². The minimum atomic E-state index is -4.47. The minimum Gasteiger partial charge on any atom is -0.366 e. The third-order valence-electron chi connectivity index (χ3n) is 6.56. The average molecular weight is 496 g/mol. The number of likely N-dealkylation sites (N-methyl/N-ethyl adjacent to an activating group) is 1. The van der Waals surface area contributed by atoms with Gasteiger partial charge in [-0.1, -0.05) is 6.07 Å². The number of nitrogens with one attached hydrogen (secondary N) is 1. The molecule has 2 atom stereocenters. The number of nitrogens with zero attached hydrogens (tertiary/aromatic N) is 3. The van der Waals surface area contributed by atoms with Crippen molar-refractivity contribution in [2.24, 2.45) is 11.1 Å². The standard InChI is InChI=1S/C24H29F4N5O2/c1-14-11-31-22(32-12-14)18(23(6-7-23)24(26,27)28)10-20(34)30-13-16(33(2)3)8-15-4-5-17(21(29)35)19(25)9-15/h4-5,9,11-12,16,18H,6-8,10,13H2,1-3H3,(H2,29,35)(H,30,34)/t16-,18+/m0/s1. The van der Waals surface area contributed by atoms with Crippen molar-refractivity contribution < 1.29 is 27.2 Å². The molecule has 1 fully saturated rings. The summed E-state index contributed by atoms with van der Waals surface area (Å²) >= 11 is 0. The van der Waals surface area contributed by atoms with Crippen LogP contribution in [-0.2, 0) is 11.2 Å². The van der Waals surface area contributed by atoms with E-state index in [9.17, 15) is 27.2 Å². The summed E-state index contributed by atoms with van der Waals surface area (Å²) in [5.41, 5.74) is 4.21. The highest BCUT2D eigenvalue weighted by molar-refractivity contribution is 5.93. The normalized spacial score (nSPS) is 16.6. The maximum absolute atomic E-state index is 14.1. The predicted molar refractivity (Wildman–Crippen MR) is 121 cm³/mol. The monoisotopic (exact) mass is 495 g/mol. The van der Waals surface area contributed by atoms with Crippen LogP contribution in [0, 0.1) is 18.2 Å². The fourth-order valence-electron chi connectivity index (χ4n) is 4.16. The molecule has 190 valence electrons. The summed E-state index contributed by atoms with van der Waals surface area (Å²) < 4.78 is 55.8. The molecule has 1 aliphatic carbocycles. The van der Waals surface area contributed by atoms with Gasteiger partial charge in [-0.05, 0) is 63.5 Å². The lowest BCUT2D eigenvalue weighted by atomic mass is 9.84. The number of nitrogens with two attached hydrogens (primary N) is 1. The van der Waals surface area contributed by atoms with Crippen molar-refractivity contribution in [2.45, 2.75) is 50.7 Å². The van der Waals surface area contributed by atoms with Crippen LogP contribution >= 0.6 is 0 Å². The zero-order valence-corrected chi connectivity index (χ0v) is 19.8. The minimum absolute atomic E-state index is 0.00903. The Morgan fingerprint density at radius 2 is 1.83 bits per heavy atom. The fourth-order valence-corrected chi connectivity index (χ4v) is 4.16. The second-order valence-electron chi connectivity index (χ2n) is 9.33. The van der Waals surface area contributed by atoms with Crippen molar-refractivity contribution in [1.29, 1.82) is 0 Å². The van der Waals surface area contributed by atoms with Crippen molar-refractivity contribution in [1.82, 2.24) is 20.2 Å². The molecule has 2 aromatic rings. The Morgan fingerprint density at radius 3 is 2.31 bits per heavy atom. The maximum Gasteiger partial charge on any atom is 0.395 e. The van der Waals surface area contributed by atoms with Gasteiger partial charge in [0.25, 0.3) is 5.91 Å². The number of benzene rings is 1. The zero-order chi connectivity index (χ0) is 26.0. The van der Waals surface area contributed by atoms with E-state index in [2.05, 4.69) is 15.3 Å². The number of rotatable bonds is 10. The molecule has 0 saturated heterocycles. The van der Waals surface area contributed by atoms with Crippen LogP contribution in [0.1, 0.15) is 52.5 Å². The number of carbonyl (C=O) groups excluding carboxylic acids is 2. The van der Waals surface area contributed by atoms with Gasteiger partial charge in [0, 0.05) is 37.3 Å². The first kappa shape index (κ1) is 26.5. The van der Waals surface area contributed by atoms with Gasteiger partial charge < -0.3 is 16.0 Å². The van der Waals surface area contributed by atoms with Gasteiger partial charge in [0.2, 0.25) is 5.91 Å². The number of halogens is 4. The van der Waals surface area contributed by atoms with E-state index in [-0.39, 0.29) is 36.8 Å². The highest BCUT2D eigenvalue weighted by Crippen LogP contribution is 2.65. The summed E-state index contributed by atoms with van der Waals surface area (Å²) in [5.74, 6) is -3.33. The van der Waals surface area contributed by atoms with Gasteiger partial charge in [-0.25, -0.2) is 14.4 Å². The third-order valence-corrected chi connectivity index (χ3v) is 6.56. The SMILES string of the molecule is Cc1cnc([C@@H](CC(=O)NC[C@H](Cc2ccc(C(N)=O)c(F)c2)N(C)C)C2(C(F)(F)F)CC2)nc1. The molecule has 3 N–H and O–H groups in total. The molecule has 0 aliphatic heterocycles. The van der Waals surface area contributed by atoms with E-state index in [4.69, 9.17) is 5.73 Å². The second-order valence-corrected chi connectivity index (χ2v) is 9.33. The average Bonchev–Trinajstić information content (AvgIpc) is 3.57. The topological polar surface area (TPSA) is 101 Å². The molecule has 35 heavy (non-hydrogen) atoms. The molecule has 1 aromatic carbocycles. The molecule has 0 unspecified atom stereocenters. The predicted octanol–water partition coefficient (Wildman–Crippen LogP) is 3.13. The second kappa shape index (κ2) is 10.3. The van der Waals surface area contributed by atoms with Gasteiger partial charge in [0.15, 0.2) is 0 Å². The first-order valence-corrected chi connectivity index (χ1v) is 11.2. The van der Waals surface area contributed by atoms with Gasteiger partial charge in [0.05, 0.1) is 11.0 Å². The summed E-state index contributed by atoms with van der Waals surface area (Å²) in [6, 6.07) is 3.82. The largest absolute Gasteiger partial charge is 0.395 e. The van der Waals surface area contributed by atoms with E-state index in [1.54, 1.807) is 27.1 Å². The zero-order valence-electron chi connectivity index (χ0n) is 19.8. The van der Waals surface area contributed by atoms with Crippen LogP contribution in [0.15, 0.2) is 30.6 Å². The number of alkyl halides is 3. The Balaban J connectivity index is 1.70. The van der Waals surface area contributed by atoms with E-state index < -0.39 is 41.6 Å². The van der Waals surface area contributed by atoms with E-state index in [0.717, 1.165) is 0 Å². The summed E-state index contributed by atoms with van der Waals surface area (Å²) in [6.45, 7) is 1.86. The van der Waals surface area contributed by atoms with Crippen molar-refractivity contribution >= 4 is 11.8 Å². The van der Waals surface area contributed by atoms with E-state index in [0.29, 0.717) is 17.5 Å². The maximum atomic E-state index is 14.1. The lowest BCUT2D eigenvalue weighted by molar-refractivity contribution is -0.195. The van der Waals surface area contributed by atoms with Gasteiger partial charge in [-0.2, -0.15) is 13.2 Å². The van der Waals surface area contributed by atoms with Crippen LogP contribution in [0.2, 0.25) is 0 Å². The Labute approximate surface area is 201 Å². The highest BCUT2D eigenvalue weighted by atomic mass is 19.4. The number of amides is 2. The first-order valence-electron chi connectivity index (χ1n) is 11.2. The van der Waals surface area contributed by atoms with Crippen molar-refractivity contribution in [2.75, 3.05) is 20.6 Å². The Bertz CT molecular complexity index is 1070. The van der Waals surface area contributed by atoms with Crippen LogP contribution in [0.25, 0.3) is 0 Å². The summed E-state index contributed by atoms with van der Waals surface area (Å²) in [6.07, 6.45) is -1.78. The molecule has 1 saturated carbocycles. The number of hydrogen-bond donors (Lipinski definition) is 2. The smallest absolute Gasteiger partial charge is 0.366 e. The third kappa shape index (κ3) is 6.14. The fraction of sp³-hybridized carbons (Fsp3) is 0.500. The molecule has 1 heterocycles. The highest BCUT2D eigenvalue weighted by Gasteiger charge is 2.68.